The van der Waals surface area contributed by atoms with E-state index in [1.807, 2.05) is 0 Å². The molecule has 0 aliphatic carbocycles. The second-order valence-electron chi connectivity index (χ2n) is 8.69. The van der Waals surface area contributed by atoms with Crippen LogP contribution < -0.4 is 0 Å². The summed E-state index contributed by atoms with van der Waals surface area (Å²) in [5, 5.41) is 4.85. The number of hydrogen-bond acceptors (Lipinski definition) is 4. The molecule has 5 aromatic carbocycles. The Morgan fingerprint density at radius 3 is 0.917 bits per heavy atom. The maximum Gasteiger partial charge on any atom is 0.183 e. The van der Waals surface area contributed by atoms with E-state index in [2.05, 4.69) is 97.1 Å². The Bertz CT molecular complexity index is 1290. The Morgan fingerprint density at radius 1 is 0.389 bits per heavy atom. The minimum absolute atomic E-state index is 0.381. The lowest BCUT2D eigenvalue weighted by Crippen LogP contribution is -2.03. The van der Waals surface area contributed by atoms with Gasteiger partial charge in [0, 0.05) is 39.6 Å². The molecule has 182 valence electrons. The van der Waals surface area contributed by atoms with Crippen LogP contribution in [0.1, 0.15) is 23.7 Å². The average Bonchev–Trinajstić information content (AvgIpc) is 2.94. The first-order valence-corrected chi connectivity index (χ1v) is 12.0. The molecule has 5 aromatic rings. The summed E-state index contributed by atoms with van der Waals surface area (Å²) >= 11 is 0. The summed E-state index contributed by atoms with van der Waals surface area (Å²) in [5.41, 5.74) is 6.72. The molecule has 0 heterocycles. The Kier molecular flexibility index (Phi) is 7.12. The summed E-state index contributed by atoms with van der Waals surface area (Å²) in [6.07, 6.45) is -0.762. The van der Waals surface area contributed by atoms with Crippen LogP contribution in [-0.2, 0) is 18.9 Å². The van der Waals surface area contributed by atoms with Gasteiger partial charge in [-0.1, -0.05) is 97.1 Å². The summed E-state index contributed by atoms with van der Waals surface area (Å²) in [4.78, 5) is 0. The monoisotopic (exact) mass is 478 g/mol. The zero-order chi connectivity index (χ0) is 25.1. The molecule has 0 bridgehead atoms. The summed E-state index contributed by atoms with van der Waals surface area (Å²) in [7, 11) is 6.61. The maximum atomic E-state index is 5.44. The van der Waals surface area contributed by atoms with Crippen LogP contribution in [0.3, 0.4) is 0 Å². The van der Waals surface area contributed by atoms with Crippen molar-refractivity contribution in [3.8, 4) is 22.3 Å². The molecule has 0 aromatic heterocycles. The van der Waals surface area contributed by atoms with E-state index in [1.54, 1.807) is 28.4 Å². The van der Waals surface area contributed by atoms with Gasteiger partial charge in [-0.05, 0) is 43.8 Å². The van der Waals surface area contributed by atoms with Gasteiger partial charge in [0.25, 0.3) is 0 Å². The molecule has 0 aliphatic rings. The fraction of sp³-hybridized carbons (Fsp3) is 0.188. The van der Waals surface area contributed by atoms with Gasteiger partial charge in [0.1, 0.15) is 0 Å². The molecule has 0 unspecified atom stereocenters. The molecule has 0 N–H and O–H groups in total. The molecular formula is C32H30O4. The van der Waals surface area contributed by atoms with Crippen molar-refractivity contribution in [2.45, 2.75) is 12.6 Å². The minimum Gasteiger partial charge on any atom is -0.352 e. The van der Waals surface area contributed by atoms with Crippen LogP contribution in [-0.4, -0.2) is 28.4 Å². The highest BCUT2D eigenvalue weighted by Gasteiger charge is 2.18. The predicted octanol–water partition coefficient (Wildman–Crippen LogP) is 7.91. The molecule has 0 spiro atoms. The number of rotatable bonds is 8. The van der Waals surface area contributed by atoms with Crippen LogP contribution in [0.25, 0.3) is 43.8 Å². The van der Waals surface area contributed by atoms with E-state index in [4.69, 9.17) is 18.9 Å². The van der Waals surface area contributed by atoms with Gasteiger partial charge in [-0.25, -0.2) is 0 Å². The van der Waals surface area contributed by atoms with E-state index in [9.17, 15) is 0 Å². The van der Waals surface area contributed by atoms with E-state index >= 15 is 0 Å². The molecule has 0 amide bonds. The highest BCUT2D eigenvalue weighted by Crippen LogP contribution is 2.43. The van der Waals surface area contributed by atoms with Crippen LogP contribution in [0.2, 0.25) is 0 Å². The molecule has 0 saturated carbocycles. The van der Waals surface area contributed by atoms with Crippen LogP contribution in [0.4, 0.5) is 0 Å². The maximum absolute atomic E-state index is 5.44. The standard InChI is InChI=1S/C32H30O4/c1-33-31(34-2)23-17-13-21(14-18-23)29-25-9-5-7-11-27(25)30(28-12-8-6-10-26(28)29)22-15-19-24(20-16-22)32(35-3)36-4/h5-20,31-32H,1-4H3. The summed E-state index contributed by atoms with van der Waals surface area (Å²) in [5.74, 6) is 0. The van der Waals surface area contributed by atoms with Gasteiger partial charge in [-0.15, -0.1) is 0 Å². The first kappa shape index (κ1) is 24.2. The molecule has 36 heavy (non-hydrogen) atoms. The van der Waals surface area contributed by atoms with E-state index in [0.717, 1.165) is 22.3 Å². The molecular weight excluding hydrogens is 448 g/mol. The van der Waals surface area contributed by atoms with Crippen molar-refractivity contribution in [2.24, 2.45) is 0 Å². The topological polar surface area (TPSA) is 36.9 Å². The lowest BCUT2D eigenvalue weighted by atomic mass is 9.85. The Labute approximate surface area is 212 Å². The van der Waals surface area contributed by atoms with Crippen molar-refractivity contribution >= 4 is 21.5 Å². The minimum atomic E-state index is -0.381. The van der Waals surface area contributed by atoms with Crippen LogP contribution >= 0.6 is 0 Å². The molecule has 0 radical (unpaired) electrons. The molecule has 0 saturated heterocycles. The normalized spacial score (nSPS) is 11.7. The van der Waals surface area contributed by atoms with Gasteiger partial charge < -0.3 is 18.9 Å². The second-order valence-corrected chi connectivity index (χ2v) is 8.69. The summed E-state index contributed by atoms with van der Waals surface area (Å²) in [6, 6.07) is 34.2. The van der Waals surface area contributed by atoms with E-state index in [0.29, 0.717) is 0 Å². The van der Waals surface area contributed by atoms with Crippen LogP contribution in [0, 0.1) is 0 Å². The molecule has 5 rings (SSSR count). The van der Waals surface area contributed by atoms with Gasteiger partial charge in [0.15, 0.2) is 12.6 Å². The van der Waals surface area contributed by atoms with Crippen molar-refractivity contribution in [2.75, 3.05) is 28.4 Å². The zero-order valence-corrected chi connectivity index (χ0v) is 21.0. The average molecular weight is 479 g/mol. The first-order valence-electron chi connectivity index (χ1n) is 12.0. The smallest absolute Gasteiger partial charge is 0.183 e. The Hall–Kier alpha value is -3.54. The van der Waals surface area contributed by atoms with Crippen molar-refractivity contribution < 1.29 is 18.9 Å². The number of fused-ring (bicyclic) bond motifs is 2. The molecule has 0 atom stereocenters. The number of methoxy groups -OCH3 is 4. The lowest BCUT2D eigenvalue weighted by Gasteiger charge is -2.19. The summed E-state index contributed by atoms with van der Waals surface area (Å²) in [6.45, 7) is 0. The fourth-order valence-electron chi connectivity index (χ4n) is 5.10. The van der Waals surface area contributed by atoms with Crippen LogP contribution in [0.15, 0.2) is 97.1 Å². The SMILES string of the molecule is COC(OC)c1ccc(-c2c3ccccc3c(-c3ccc(C(OC)OC)cc3)c3ccccc23)cc1. The van der Waals surface area contributed by atoms with E-state index < -0.39 is 0 Å². The van der Waals surface area contributed by atoms with Crippen molar-refractivity contribution in [1.82, 2.24) is 0 Å². The molecule has 4 nitrogen and oxygen atoms in total. The third kappa shape index (κ3) is 4.29. The number of ether oxygens (including phenoxy) is 4. The molecule has 4 heteroatoms. The Balaban J connectivity index is 1.73. The van der Waals surface area contributed by atoms with Crippen molar-refractivity contribution in [3.63, 3.8) is 0 Å². The van der Waals surface area contributed by atoms with Gasteiger partial charge in [-0.3, -0.25) is 0 Å². The number of hydrogen-bond donors (Lipinski definition) is 0. The van der Waals surface area contributed by atoms with E-state index in [1.165, 1.54) is 32.7 Å². The zero-order valence-electron chi connectivity index (χ0n) is 21.0. The molecule has 0 fully saturated rings. The van der Waals surface area contributed by atoms with Crippen LogP contribution in [0.5, 0.6) is 0 Å². The van der Waals surface area contributed by atoms with Gasteiger partial charge >= 0.3 is 0 Å². The highest BCUT2D eigenvalue weighted by atomic mass is 16.7. The van der Waals surface area contributed by atoms with Crippen molar-refractivity contribution in [3.05, 3.63) is 108 Å². The Morgan fingerprint density at radius 2 is 0.667 bits per heavy atom. The quantitative estimate of drug-likeness (QED) is 0.168. The lowest BCUT2D eigenvalue weighted by molar-refractivity contribution is -0.106. The fourth-order valence-corrected chi connectivity index (χ4v) is 5.10. The summed E-state index contributed by atoms with van der Waals surface area (Å²) < 4.78 is 21.7. The van der Waals surface area contributed by atoms with Gasteiger partial charge in [-0.2, -0.15) is 0 Å². The third-order valence-electron chi connectivity index (χ3n) is 6.73. The van der Waals surface area contributed by atoms with Gasteiger partial charge in [0.05, 0.1) is 0 Å². The largest absolute Gasteiger partial charge is 0.352 e. The predicted molar refractivity (Wildman–Crippen MR) is 146 cm³/mol. The highest BCUT2D eigenvalue weighted by molar-refractivity contribution is 6.21. The molecule has 0 aliphatic heterocycles. The first-order chi connectivity index (χ1) is 17.7. The van der Waals surface area contributed by atoms with Crippen molar-refractivity contribution in [1.29, 1.82) is 0 Å². The number of benzene rings is 5. The second kappa shape index (κ2) is 10.6. The van der Waals surface area contributed by atoms with E-state index in [-0.39, 0.29) is 12.6 Å². The third-order valence-corrected chi connectivity index (χ3v) is 6.73. The van der Waals surface area contributed by atoms with Gasteiger partial charge in [0.2, 0.25) is 0 Å².